The van der Waals surface area contributed by atoms with Crippen molar-refractivity contribution in [3.63, 3.8) is 0 Å². The van der Waals surface area contributed by atoms with Gasteiger partial charge in [-0.1, -0.05) is 19.1 Å². The molecule has 6 heteroatoms. The summed E-state index contributed by atoms with van der Waals surface area (Å²) < 4.78 is 5.59. The number of amides is 2. The third kappa shape index (κ3) is 4.79. The molecule has 164 valence electrons. The predicted octanol–water partition coefficient (Wildman–Crippen LogP) is 2.87. The molecule has 0 aliphatic carbocycles. The Bertz CT molecular complexity index is 892. The van der Waals surface area contributed by atoms with Crippen molar-refractivity contribution in [2.75, 3.05) is 32.8 Å². The molecule has 0 saturated carbocycles. The number of aryl methyl sites for hydroxylation is 1. The van der Waals surface area contributed by atoms with E-state index in [4.69, 9.17) is 4.74 Å². The molecule has 6 nitrogen and oxygen atoms in total. The van der Waals surface area contributed by atoms with Gasteiger partial charge in [0.1, 0.15) is 0 Å². The summed E-state index contributed by atoms with van der Waals surface area (Å²) in [6.07, 6.45) is 6.87. The van der Waals surface area contributed by atoms with E-state index in [-0.39, 0.29) is 23.1 Å². The molecule has 2 aromatic rings. The van der Waals surface area contributed by atoms with Crippen LogP contribution in [0.15, 0.2) is 48.8 Å². The maximum Gasteiger partial charge on any atom is 0.253 e. The number of hydrogen-bond acceptors (Lipinski definition) is 4. The molecule has 1 N–H and O–H groups in total. The maximum absolute atomic E-state index is 13.2. The van der Waals surface area contributed by atoms with Gasteiger partial charge in [0.05, 0.1) is 5.92 Å². The summed E-state index contributed by atoms with van der Waals surface area (Å²) in [6, 6.07) is 11.8. The summed E-state index contributed by atoms with van der Waals surface area (Å²) in [5.41, 5.74) is 2.86. The van der Waals surface area contributed by atoms with Gasteiger partial charge >= 0.3 is 0 Å². The second kappa shape index (κ2) is 9.60. The van der Waals surface area contributed by atoms with Crippen LogP contribution in [0.1, 0.15) is 41.3 Å². The van der Waals surface area contributed by atoms with Crippen molar-refractivity contribution in [3.05, 3.63) is 65.5 Å². The van der Waals surface area contributed by atoms with Crippen molar-refractivity contribution in [3.8, 4) is 0 Å². The second-order valence-corrected chi connectivity index (χ2v) is 8.66. The van der Waals surface area contributed by atoms with Crippen molar-refractivity contribution >= 4 is 11.8 Å². The van der Waals surface area contributed by atoms with Gasteiger partial charge in [-0.2, -0.15) is 0 Å². The fraction of sp³-hybridized carbons (Fsp3) is 0.480. The van der Waals surface area contributed by atoms with Crippen LogP contribution in [-0.2, 0) is 22.4 Å². The van der Waals surface area contributed by atoms with Crippen LogP contribution in [0.25, 0.3) is 0 Å². The van der Waals surface area contributed by atoms with E-state index in [1.165, 1.54) is 5.56 Å². The van der Waals surface area contributed by atoms with Crippen molar-refractivity contribution in [1.29, 1.82) is 0 Å². The van der Waals surface area contributed by atoms with Crippen LogP contribution in [0.3, 0.4) is 0 Å². The lowest BCUT2D eigenvalue weighted by Crippen LogP contribution is -2.44. The number of hydrogen-bond donors (Lipinski definition) is 1. The van der Waals surface area contributed by atoms with Gasteiger partial charge in [-0.3, -0.25) is 14.6 Å². The third-order valence-corrected chi connectivity index (χ3v) is 6.81. The van der Waals surface area contributed by atoms with Crippen LogP contribution in [0.5, 0.6) is 0 Å². The molecule has 1 atom stereocenters. The predicted molar refractivity (Wildman–Crippen MR) is 119 cm³/mol. The van der Waals surface area contributed by atoms with Gasteiger partial charge < -0.3 is 15.0 Å². The Hall–Kier alpha value is -2.73. The van der Waals surface area contributed by atoms with E-state index < -0.39 is 0 Å². The van der Waals surface area contributed by atoms with Gasteiger partial charge in [0.25, 0.3) is 5.91 Å². The first-order chi connectivity index (χ1) is 15.1. The first kappa shape index (κ1) is 21.5. The van der Waals surface area contributed by atoms with Crippen LogP contribution in [0.2, 0.25) is 0 Å². The third-order valence-electron chi connectivity index (χ3n) is 6.81. The van der Waals surface area contributed by atoms with Crippen LogP contribution in [0, 0.1) is 11.3 Å². The van der Waals surface area contributed by atoms with Gasteiger partial charge in [-0.25, -0.2) is 0 Å². The van der Waals surface area contributed by atoms with Crippen LogP contribution < -0.4 is 5.32 Å². The highest BCUT2D eigenvalue weighted by Crippen LogP contribution is 2.44. The van der Waals surface area contributed by atoms with E-state index >= 15 is 0 Å². The highest BCUT2D eigenvalue weighted by Gasteiger charge is 2.51. The molecule has 1 spiro atoms. The minimum atomic E-state index is -0.201. The molecule has 2 aliphatic heterocycles. The largest absolute Gasteiger partial charge is 0.381 e. The molecule has 2 aliphatic rings. The van der Waals surface area contributed by atoms with E-state index in [2.05, 4.69) is 17.2 Å². The van der Waals surface area contributed by atoms with E-state index in [1.807, 2.05) is 41.3 Å². The number of ether oxygens (including phenoxy) is 1. The molecule has 0 bridgehead atoms. The Morgan fingerprint density at radius 3 is 2.48 bits per heavy atom. The Balaban J connectivity index is 1.44. The molecule has 3 heterocycles. The molecule has 0 radical (unpaired) electrons. The smallest absolute Gasteiger partial charge is 0.253 e. The Morgan fingerprint density at radius 2 is 1.81 bits per heavy atom. The summed E-state index contributed by atoms with van der Waals surface area (Å²) in [6.45, 7) is 5.06. The first-order valence-electron chi connectivity index (χ1n) is 11.2. The highest BCUT2D eigenvalue weighted by atomic mass is 16.5. The molecule has 2 amide bonds. The minimum absolute atomic E-state index is 0.0144. The summed E-state index contributed by atoms with van der Waals surface area (Å²) in [5, 5.41) is 3.12. The van der Waals surface area contributed by atoms with Gasteiger partial charge in [-0.05, 0) is 61.1 Å². The van der Waals surface area contributed by atoms with Gasteiger partial charge in [-0.15, -0.1) is 0 Å². The second-order valence-electron chi connectivity index (χ2n) is 8.66. The Labute approximate surface area is 184 Å². The first-order valence-corrected chi connectivity index (χ1v) is 11.2. The number of rotatable bonds is 6. The zero-order valence-electron chi connectivity index (χ0n) is 18.2. The molecule has 31 heavy (non-hydrogen) atoms. The number of carbonyl (C=O) groups excluding carboxylic acids is 2. The summed E-state index contributed by atoms with van der Waals surface area (Å²) in [7, 11) is 0. The van der Waals surface area contributed by atoms with Gasteiger partial charge in [0, 0.05) is 56.2 Å². The lowest BCUT2D eigenvalue weighted by Gasteiger charge is -2.37. The van der Waals surface area contributed by atoms with E-state index in [0.29, 0.717) is 38.4 Å². The van der Waals surface area contributed by atoms with Crippen molar-refractivity contribution in [2.45, 2.75) is 32.6 Å². The fourth-order valence-electron chi connectivity index (χ4n) is 4.84. The standard InChI is InChI=1S/C25H31N3O3/c1-2-19-3-5-21(6-4-19)24(30)28-17-22(25(18-28)10-15-31-16-11-25)23(29)27-14-9-20-7-12-26-13-8-20/h3-8,12-13,22H,2,9-11,14-18H2,1H3,(H,27,29). The van der Waals surface area contributed by atoms with E-state index in [1.54, 1.807) is 12.4 Å². The molecule has 4 rings (SSSR count). The number of aromatic nitrogens is 1. The number of likely N-dealkylation sites (tertiary alicyclic amines) is 1. The Morgan fingerprint density at radius 1 is 1.10 bits per heavy atom. The average molecular weight is 422 g/mol. The number of nitrogens with one attached hydrogen (secondary N) is 1. The lowest BCUT2D eigenvalue weighted by atomic mass is 9.71. The monoisotopic (exact) mass is 421 g/mol. The number of pyridine rings is 1. The van der Waals surface area contributed by atoms with E-state index in [0.717, 1.165) is 31.2 Å². The highest BCUT2D eigenvalue weighted by molar-refractivity contribution is 5.95. The lowest BCUT2D eigenvalue weighted by molar-refractivity contribution is -0.129. The average Bonchev–Trinajstić information content (AvgIpc) is 3.18. The topological polar surface area (TPSA) is 71.5 Å². The number of benzene rings is 1. The molecular weight excluding hydrogens is 390 g/mol. The molecule has 1 aromatic heterocycles. The molecule has 1 unspecified atom stereocenters. The molecule has 1 aromatic carbocycles. The normalized spacial score (nSPS) is 20.0. The molecular formula is C25H31N3O3. The minimum Gasteiger partial charge on any atom is -0.381 e. The Kier molecular flexibility index (Phi) is 6.66. The quantitative estimate of drug-likeness (QED) is 0.779. The zero-order chi connectivity index (χ0) is 21.7. The van der Waals surface area contributed by atoms with Gasteiger partial charge in [0.15, 0.2) is 0 Å². The van der Waals surface area contributed by atoms with Gasteiger partial charge in [0.2, 0.25) is 5.91 Å². The van der Waals surface area contributed by atoms with Crippen LogP contribution in [0.4, 0.5) is 0 Å². The zero-order valence-corrected chi connectivity index (χ0v) is 18.2. The maximum atomic E-state index is 13.2. The van der Waals surface area contributed by atoms with Crippen molar-refractivity contribution < 1.29 is 14.3 Å². The fourth-order valence-corrected chi connectivity index (χ4v) is 4.84. The summed E-state index contributed by atoms with van der Waals surface area (Å²) in [4.78, 5) is 32.3. The summed E-state index contributed by atoms with van der Waals surface area (Å²) >= 11 is 0. The summed E-state index contributed by atoms with van der Waals surface area (Å²) in [5.74, 6) is -0.138. The van der Waals surface area contributed by atoms with Crippen molar-refractivity contribution in [2.24, 2.45) is 11.3 Å². The number of nitrogens with zero attached hydrogens (tertiary/aromatic N) is 2. The molecule has 2 saturated heterocycles. The SMILES string of the molecule is CCc1ccc(C(=O)N2CC(C(=O)NCCc3ccncc3)C3(CCOCC3)C2)cc1. The van der Waals surface area contributed by atoms with Crippen molar-refractivity contribution in [1.82, 2.24) is 15.2 Å². The van der Waals surface area contributed by atoms with Crippen LogP contribution in [-0.4, -0.2) is 54.5 Å². The van der Waals surface area contributed by atoms with E-state index in [9.17, 15) is 9.59 Å². The number of carbonyl (C=O) groups is 2. The van der Waals surface area contributed by atoms with Crippen LogP contribution >= 0.6 is 0 Å². The molecule has 2 fully saturated rings.